The first-order valence-corrected chi connectivity index (χ1v) is 6.68. The Morgan fingerprint density at radius 2 is 2.00 bits per heavy atom. The summed E-state index contributed by atoms with van der Waals surface area (Å²) in [5.41, 5.74) is 0.933. The van der Waals surface area contributed by atoms with Crippen LogP contribution in [0.4, 0.5) is 0 Å². The van der Waals surface area contributed by atoms with Crippen molar-refractivity contribution in [2.75, 3.05) is 6.61 Å². The topological polar surface area (TPSA) is 64.4 Å². The van der Waals surface area contributed by atoms with E-state index in [0.717, 1.165) is 5.56 Å². The van der Waals surface area contributed by atoms with Crippen molar-refractivity contribution in [2.24, 2.45) is 0 Å². The van der Waals surface area contributed by atoms with Gasteiger partial charge in [-0.1, -0.05) is 30.3 Å². The average molecular weight is 287 g/mol. The molecule has 6 nitrogen and oxygen atoms in total. The van der Waals surface area contributed by atoms with E-state index in [4.69, 9.17) is 4.74 Å². The van der Waals surface area contributed by atoms with Gasteiger partial charge in [-0.2, -0.15) is 5.10 Å². The third-order valence-electron chi connectivity index (χ3n) is 2.83. The second-order valence-corrected chi connectivity index (χ2v) is 4.40. The molecule has 0 aliphatic carbocycles. The molecule has 0 aliphatic rings. The first-order chi connectivity index (χ1) is 10.2. The van der Waals surface area contributed by atoms with E-state index in [0.29, 0.717) is 6.54 Å². The lowest BCUT2D eigenvalue weighted by atomic mass is 10.2. The van der Waals surface area contributed by atoms with Gasteiger partial charge >= 0.3 is 11.9 Å². The van der Waals surface area contributed by atoms with Crippen LogP contribution in [-0.2, 0) is 27.5 Å². The lowest BCUT2D eigenvalue weighted by molar-refractivity contribution is -0.161. The summed E-state index contributed by atoms with van der Waals surface area (Å²) in [5, 5.41) is 4.06. The van der Waals surface area contributed by atoms with E-state index in [-0.39, 0.29) is 13.3 Å². The van der Waals surface area contributed by atoms with Gasteiger partial charge in [-0.05, 0) is 18.6 Å². The molecular weight excluding hydrogens is 270 g/mol. The third-order valence-corrected chi connectivity index (χ3v) is 2.83. The van der Waals surface area contributed by atoms with Crippen molar-refractivity contribution in [1.29, 1.82) is 0 Å². The number of esters is 1. The van der Waals surface area contributed by atoms with Gasteiger partial charge in [0.05, 0.1) is 6.61 Å². The van der Waals surface area contributed by atoms with Gasteiger partial charge in [0.25, 0.3) is 0 Å². The molecule has 0 fully saturated rings. The van der Waals surface area contributed by atoms with Crippen molar-refractivity contribution in [3.8, 4) is 0 Å². The Kier molecular flexibility index (Phi) is 5.09. The molecule has 110 valence electrons. The van der Waals surface area contributed by atoms with Crippen LogP contribution in [0.3, 0.4) is 0 Å². The Hall–Kier alpha value is -2.63. The molecule has 21 heavy (non-hydrogen) atoms. The van der Waals surface area contributed by atoms with Crippen LogP contribution < -0.4 is 0 Å². The van der Waals surface area contributed by atoms with E-state index in [1.165, 1.54) is 4.90 Å². The molecule has 1 heterocycles. The van der Waals surface area contributed by atoms with Gasteiger partial charge in [0.1, 0.15) is 6.67 Å². The van der Waals surface area contributed by atoms with Crippen molar-refractivity contribution in [1.82, 2.24) is 14.7 Å². The molecule has 0 spiro atoms. The van der Waals surface area contributed by atoms with E-state index >= 15 is 0 Å². The number of nitrogens with zero attached hydrogens (tertiary/aromatic N) is 3. The normalized spacial score (nSPS) is 10.1. The Bertz CT molecular complexity index is 581. The standard InChI is InChI=1S/C15H17N3O3/c1-2-21-15(20)14(19)17(12-18-10-6-9-16-18)11-13-7-4-3-5-8-13/h3-10H,2,11-12H2,1H3. The van der Waals surface area contributed by atoms with Crippen molar-refractivity contribution >= 4 is 11.9 Å². The van der Waals surface area contributed by atoms with Gasteiger partial charge in [0.15, 0.2) is 0 Å². The summed E-state index contributed by atoms with van der Waals surface area (Å²) < 4.78 is 6.37. The maximum atomic E-state index is 12.2. The molecule has 0 unspecified atom stereocenters. The average Bonchev–Trinajstić information content (AvgIpc) is 3.00. The summed E-state index contributed by atoms with van der Waals surface area (Å²) in [4.78, 5) is 25.2. The third kappa shape index (κ3) is 4.17. The molecule has 0 radical (unpaired) electrons. The smallest absolute Gasteiger partial charge is 0.397 e. The van der Waals surface area contributed by atoms with Crippen LogP contribution in [0, 0.1) is 0 Å². The number of carbonyl (C=O) groups excluding carboxylic acids is 2. The number of rotatable bonds is 5. The molecule has 0 aliphatic heterocycles. The van der Waals surface area contributed by atoms with Gasteiger partial charge in [0, 0.05) is 18.9 Å². The minimum absolute atomic E-state index is 0.172. The van der Waals surface area contributed by atoms with Crippen LogP contribution in [0.1, 0.15) is 12.5 Å². The quantitative estimate of drug-likeness (QED) is 0.616. The molecule has 2 aromatic rings. The highest BCUT2D eigenvalue weighted by Crippen LogP contribution is 2.07. The molecule has 0 saturated carbocycles. The van der Waals surface area contributed by atoms with Crippen molar-refractivity contribution in [3.63, 3.8) is 0 Å². The minimum Gasteiger partial charge on any atom is -0.459 e. The Balaban J connectivity index is 2.13. The maximum Gasteiger partial charge on any atom is 0.397 e. The summed E-state index contributed by atoms with van der Waals surface area (Å²) in [6.45, 7) is 2.35. The number of amides is 1. The first kappa shape index (κ1) is 14.8. The number of aromatic nitrogens is 2. The molecule has 0 bridgehead atoms. The molecule has 1 amide bonds. The van der Waals surface area contributed by atoms with Crippen LogP contribution in [-0.4, -0.2) is 33.2 Å². The van der Waals surface area contributed by atoms with Crippen LogP contribution in [0.25, 0.3) is 0 Å². The fourth-order valence-corrected chi connectivity index (χ4v) is 1.87. The molecule has 2 rings (SSSR count). The van der Waals surface area contributed by atoms with Gasteiger partial charge in [-0.15, -0.1) is 0 Å². The highest BCUT2D eigenvalue weighted by Gasteiger charge is 2.23. The predicted molar refractivity (Wildman–Crippen MR) is 75.9 cm³/mol. The number of hydrogen-bond donors (Lipinski definition) is 0. The summed E-state index contributed by atoms with van der Waals surface area (Å²) in [7, 11) is 0. The zero-order valence-corrected chi connectivity index (χ0v) is 11.8. The van der Waals surface area contributed by atoms with E-state index in [9.17, 15) is 9.59 Å². The highest BCUT2D eigenvalue weighted by atomic mass is 16.5. The summed E-state index contributed by atoms with van der Waals surface area (Å²) in [5.74, 6) is -1.52. The van der Waals surface area contributed by atoms with E-state index in [1.54, 1.807) is 30.1 Å². The molecule has 0 N–H and O–H groups in total. The van der Waals surface area contributed by atoms with Gasteiger partial charge < -0.3 is 9.64 Å². The first-order valence-electron chi connectivity index (χ1n) is 6.68. The van der Waals surface area contributed by atoms with Gasteiger partial charge in [0.2, 0.25) is 0 Å². The van der Waals surface area contributed by atoms with Crippen LogP contribution in [0.2, 0.25) is 0 Å². The van der Waals surface area contributed by atoms with Crippen LogP contribution in [0.5, 0.6) is 0 Å². The zero-order chi connectivity index (χ0) is 15.1. The predicted octanol–water partition coefficient (Wildman–Crippen LogP) is 1.43. The maximum absolute atomic E-state index is 12.2. The fourth-order valence-electron chi connectivity index (χ4n) is 1.87. The van der Waals surface area contributed by atoms with E-state index in [1.807, 2.05) is 30.3 Å². The zero-order valence-electron chi connectivity index (χ0n) is 11.8. The van der Waals surface area contributed by atoms with Gasteiger partial charge in [-0.25, -0.2) is 4.79 Å². The molecule has 1 aromatic carbocycles. The molecule has 0 atom stereocenters. The SMILES string of the molecule is CCOC(=O)C(=O)N(Cc1ccccc1)Cn1cccn1. The Labute approximate surface area is 122 Å². The second-order valence-electron chi connectivity index (χ2n) is 4.40. The number of ether oxygens (including phenoxy) is 1. The lowest BCUT2D eigenvalue weighted by Gasteiger charge is -2.21. The monoisotopic (exact) mass is 287 g/mol. The minimum atomic E-state index is -0.847. The fraction of sp³-hybridized carbons (Fsp3) is 0.267. The van der Waals surface area contributed by atoms with Gasteiger partial charge in [-0.3, -0.25) is 9.48 Å². The molecule has 1 aromatic heterocycles. The van der Waals surface area contributed by atoms with Crippen LogP contribution >= 0.6 is 0 Å². The molecular formula is C15H17N3O3. The number of carbonyl (C=O) groups is 2. The van der Waals surface area contributed by atoms with Crippen molar-refractivity contribution in [3.05, 3.63) is 54.4 Å². The Morgan fingerprint density at radius 1 is 1.24 bits per heavy atom. The second kappa shape index (κ2) is 7.23. The molecule has 0 saturated heterocycles. The lowest BCUT2D eigenvalue weighted by Crippen LogP contribution is -2.38. The number of benzene rings is 1. The highest BCUT2D eigenvalue weighted by molar-refractivity contribution is 6.32. The van der Waals surface area contributed by atoms with Crippen molar-refractivity contribution in [2.45, 2.75) is 20.1 Å². The van der Waals surface area contributed by atoms with Crippen LogP contribution in [0.15, 0.2) is 48.8 Å². The number of hydrogen-bond acceptors (Lipinski definition) is 4. The van der Waals surface area contributed by atoms with E-state index < -0.39 is 11.9 Å². The Morgan fingerprint density at radius 3 is 2.62 bits per heavy atom. The largest absolute Gasteiger partial charge is 0.459 e. The van der Waals surface area contributed by atoms with E-state index in [2.05, 4.69) is 5.10 Å². The summed E-state index contributed by atoms with van der Waals surface area (Å²) in [6.07, 6.45) is 3.35. The van der Waals surface area contributed by atoms with Crippen molar-refractivity contribution < 1.29 is 14.3 Å². The summed E-state index contributed by atoms with van der Waals surface area (Å²) in [6, 6.07) is 11.2. The summed E-state index contributed by atoms with van der Waals surface area (Å²) >= 11 is 0. The molecule has 6 heteroatoms.